The van der Waals surface area contributed by atoms with Crippen LogP contribution in [0.1, 0.15) is 28.7 Å². The van der Waals surface area contributed by atoms with E-state index in [4.69, 9.17) is 9.15 Å². The summed E-state index contributed by atoms with van der Waals surface area (Å²) in [6.45, 7) is 2.50. The average Bonchev–Trinajstić information content (AvgIpc) is 3.22. The van der Waals surface area contributed by atoms with Gasteiger partial charge in [-0.15, -0.1) is 0 Å². The van der Waals surface area contributed by atoms with Crippen LogP contribution in [0.15, 0.2) is 77.2 Å². The summed E-state index contributed by atoms with van der Waals surface area (Å²) in [5.74, 6) is 0.869. The van der Waals surface area contributed by atoms with Gasteiger partial charge in [-0.2, -0.15) is 0 Å². The summed E-state index contributed by atoms with van der Waals surface area (Å²) < 4.78 is 11.4. The Kier molecular flexibility index (Phi) is 5.85. The van der Waals surface area contributed by atoms with Gasteiger partial charge in [0.2, 0.25) is 5.89 Å². The molecule has 1 heterocycles. The highest BCUT2D eigenvalue weighted by molar-refractivity contribution is 6.31. The number of aromatic nitrogens is 1. The monoisotopic (exact) mass is 412 g/mol. The summed E-state index contributed by atoms with van der Waals surface area (Å²) in [5.41, 5.74) is 4.28. The van der Waals surface area contributed by atoms with Crippen LogP contribution in [0.25, 0.3) is 22.7 Å². The number of hydrogen-bond acceptors (Lipinski definition) is 5. The highest BCUT2D eigenvalue weighted by Gasteiger charge is 2.20. The van der Waals surface area contributed by atoms with Gasteiger partial charge in [-0.05, 0) is 67.1 Å². The largest absolute Gasteiger partial charge is 0.494 e. The maximum absolute atomic E-state index is 13.5. The predicted octanol–water partition coefficient (Wildman–Crippen LogP) is 5.72. The first kappa shape index (κ1) is 20.4. The molecule has 0 aliphatic carbocycles. The molecule has 4 rings (SSSR count). The molecule has 0 fully saturated rings. The van der Waals surface area contributed by atoms with Crippen molar-refractivity contribution >= 4 is 34.2 Å². The van der Waals surface area contributed by atoms with E-state index in [1.54, 1.807) is 24.3 Å². The number of nitrogens with zero attached hydrogens (tertiary/aromatic N) is 2. The minimum atomic E-state index is -0.161. The van der Waals surface area contributed by atoms with Gasteiger partial charge < -0.3 is 14.1 Å². The van der Waals surface area contributed by atoms with Crippen LogP contribution in [-0.2, 0) is 0 Å². The molecule has 1 aromatic heterocycles. The van der Waals surface area contributed by atoms with Crippen molar-refractivity contribution in [1.29, 1.82) is 0 Å². The van der Waals surface area contributed by atoms with E-state index in [9.17, 15) is 4.79 Å². The molecule has 3 aromatic carbocycles. The predicted molar refractivity (Wildman–Crippen MR) is 125 cm³/mol. The summed E-state index contributed by atoms with van der Waals surface area (Å²) in [4.78, 5) is 20.0. The molecule has 0 aliphatic heterocycles. The molecule has 0 saturated carbocycles. The smallest absolute Gasteiger partial charge is 0.231 e. The van der Waals surface area contributed by atoms with Crippen LogP contribution in [-0.4, -0.2) is 31.5 Å². The second kappa shape index (κ2) is 8.88. The van der Waals surface area contributed by atoms with Crippen LogP contribution in [0.4, 0.5) is 5.69 Å². The molecule has 0 amide bonds. The fourth-order valence-electron chi connectivity index (χ4n) is 3.27. The van der Waals surface area contributed by atoms with E-state index in [0.717, 1.165) is 17.0 Å². The van der Waals surface area contributed by atoms with Gasteiger partial charge in [0, 0.05) is 25.3 Å². The Morgan fingerprint density at radius 3 is 2.35 bits per heavy atom. The number of benzene rings is 3. The number of carbonyl (C=O) groups is 1. The van der Waals surface area contributed by atoms with Crippen LogP contribution >= 0.6 is 0 Å². The SMILES string of the molecule is CCOc1ccc(C(=O)C(=Cc2ccc(N(C)C)cc2)c2nc3ccccc3o2)cc1. The first-order chi connectivity index (χ1) is 15.0. The van der Waals surface area contributed by atoms with Crippen molar-refractivity contribution in [3.63, 3.8) is 0 Å². The maximum atomic E-state index is 13.5. The first-order valence-corrected chi connectivity index (χ1v) is 10.2. The molecule has 0 saturated heterocycles. The summed E-state index contributed by atoms with van der Waals surface area (Å²) >= 11 is 0. The van der Waals surface area contributed by atoms with Crippen molar-refractivity contribution in [2.75, 3.05) is 25.6 Å². The molecule has 5 heteroatoms. The van der Waals surface area contributed by atoms with Crippen LogP contribution in [0.3, 0.4) is 0 Å². The number of rotatable bonds is 7. The number of hydrogen-bond donors (Lipinski definition) is 0. The van der Waals surface area contributed by atoms with Crippen LogP contribution < -0.4 is 9.64 Å². The Bertz CT molecular complexity index is 1190. The zero-order chi connectivity index (χ0) is 21.8. The molecule has 0 N–H and O–H groups in total. The number of anilines is 1. The molecule has 156 valence electrons. The van der Waals surface area contributed by atoms with Crippen molar-refractivity contribution in [3.8, 4) is 5.75 Å². The summed E-state index contributed by atoms with van der Waals surface area (Å²) in [7, 11) is 3.98. The van der Waals surface area contributed by atoms with Gasteiger partial charge in [-0.25, -0.2) is 4.98 Å². The lowest BCUT2D eigenvalue weighted by Gasteiger charge is -2.12. The normalized spacial score (nSPS) is 11.5. The first-order valence-electron chi connectivity index (χ1n) is 10.2. The fraction of sp³-hybridized carbons (Fsp3) is 0.154. The number of allylic oxidation sites excluding steroid dienone is 1. The Hall–Kier alpha value is -3.86. The summed E-state index contributed by atoms with van der Waals surface area (Å²) in [6, 6.07) is 22.6. The number of ketones is 1. The second-order valence-corrected chi connectivity index (χ2v) is 7.32. The number of fused-ring (bicyclic) bond motifs is 1. The Balaban J connectivity index is 1.77. The summed E-state index contributed by atoms with van der Waals surface area (Å²) in [5, 5.41) is 0. The average molecular weight is 412 g/mol. The van der Waals surface area contributed by atoms with E-state index in [1.807, 2.05) is 80.5 Å². The van der Waals surface area contributed by atoms with Gasteiger partial charge in [0.05, 0.1) is 12.2 Å². The third-order valence-corrected chi connectivity index (χ3v) is 4.92. The van der Waals surface area contributed by atoms with Gasteiger partial charge in [0.15, 0.2) is 11.4 Å². The minimum Gasteiger partial charge on any atom is -0.494 e. The van der Waals surface area contributed by atoms with E-state index < -0.39 is 0 Å². The second-order valence-electron chi connectivity index (χ2n) is 7.32. The standard InChI is InChI=1S/C26H24N2O3/c1-4-30-21-15-11-19(12-16-21)25(29)22(17-18-9-13-20(14-10-18)28(2)3)26-27-23-7-5-6-8-24(23)31-26/h5-17H,4H2,1-3H3. The lowest BCUT2D eigenvalue weighted by molar-refractivity contribution is 0.105. The highest BCUT2D eigenvalue weighted by Crippen LogP contribution is 2.27. The van der Waals surface area contributed by atoms with Gasteiger partial charge >= 0.3 is 0 Å². The number of carbonyl (C=O) groups excluding carboxylic acids is 1. The molecule has 4 aromatic rings. The van der Waals surface area contributed by atoms with Crippen LogP contribution in [0.2, 0.25) is 0 Å². The van der Waals surface area contributed by atoms with E-state index in [0.29, 0.717) is 34.7 Å². The molecule has 0 bridgehead atoms. The number of ether oxygens (including phenoxy) is 1. The van der Waals surface area contributed by atoms with Crippen molar-refractivity contribution in [1.82, 2.24) is 4.98 Å². The molecule has 0 atom stereocenters. The number of Topliss-reactive ketones (excluding diaryl/α,β-unsaturated/α-hetero) is 1. The van der Waals surface area contributed by atoms with E-state index in [1.165, 1.54) is 0 Å². The van der Waals surface area contributed by atoms with Crippen LogP contribution in [0, 0.1) is 0 Å². The van der Waals surface area contributed by atoms with E-state index >= 15 is 0 Å². The minimum absolute atomic E-state index is 0.161. The quantitative estimate of drug-likeness (QED) is 0.287. The number of oxazole rings is 1. The van der Waals surface area contributed by atoms with Crippen LogP contribution in [0.5, 0.6) is 5.75 Å². The number of para-hydroxylation sites is 2. The molecule has 5 nitrogen and oxygen atoms in total. The molecule has 0 aliphatic rings. The summed E-state index contributed by atoms with van der Waals surface area (Å²) in [6.07, 6.45) is 1.82. The Morgan fingerprint density at radius 2 is 1.71 bits per heavy atom. The lowest BCUT2D eigenvalue weighted by Crippen LogP contribution is -2.08. The molecule has 0 spiro atoms. The molecule has 0 unspecified atom stereocenters. The molecule has 31 heavy (non-hydrogen) atoms. The Labute approximate surface area is 181 Å². The lowest BCUT2D eigenvalue weighted by atomic mass is 10.0. The molecular weight excluding hydrogens is 388 g/mol. The zero-order valence-electron chi connectivity index (χ0n) is 17.8. The van der Waals surface area contributed by atoms with Gasteiger partial charge in [0.1, 0.15) is 11.3 Å². The third kappa shape index (κ3) is 4.51. The fourth-order valence-corrected chi connectivity index (χ4v) is 3.27. The Morgan fingerprint density at radius 1 is 1.00 bits per heavy atom. The van der Waals surface area contributed by atoms with E-state index in [2.05, 4.69) is 4.98 Å². The molecule has 0 radical (unpaired) electrons. The molecular formula is C26H24N2O3. The van der Waals surface area contributed by atoms with Gasteiger partial charge in [0.25, 0.3) is 0 Å². The van der Waals surface area contributed by atoms with Crippen molar-refractivity contribution in [2.24, 2.45) is 0 Å². The van der Waals surface area contributed by atoms with Gasteiger partial charge in [-0.1, -0.05) is 24.3 Å². The topological polar surface area (TPSA) is 55.6 Å². The van der Waals surface area contributed by atoms with Crippen molar-refractivity contribution in [3.05, 3.63) is 89.8 Å². The van der Waals surface area contributed by atoms with Crippen molar-refractivity contribution in [2.45, 2.75) is 6.92 Å². The highest BCUT2D eigenvalue weighted by atomic mass is 16.5. The maximum Gasteiger partial charge on any atom is 0.231 e. The zero-order valence-corrected chi connectivity index (χ0v) is 17.8. The van der Waals surface area contributed by atoms with Gasteiger partial charge in [-0.3, -0.25) is 4.79 Å². The third-order valence-electron chi connectivity index (χ3n) is 4.92. The van der Waals surface area contributed by atoms with Crippen molar-refractivity contribution < 1.29 is 13.9 Å². The van der Waals surface area contributed by atoms with E-state index in [-0.39, 0.29) is 5.78 Å².